The average molecular weight is 508 g/mol. The predicted molar refractivity (Wildman–Crippen MR) is 166 cm³/mol. The number of hydrogen-bond donors (Lipinski definition) is 0. The summed E-state index contributed by atoms with van der Waals surface area (Å²) in [6, 6.07) is 11.2. The van der Waals surface area contributed by atoms with E-state index >= 15 is 0 Å². The Morgan fingerprint density at radius 2 is 0.973 bits per heavy atom. The molecule has 2 atom stereocenters. The lowest BCUT2D eigenvalue weighted by atomic mass is 9.78. The number of nitrogens with zero attached hydrogens (tertiary/aromatic N) is 2. The summed E-state index contributed by atoms with van der Waals surface area (Å²) in [6.45, 7) is 4.60. The van der Waals surface area contributed by atoms with Gasteiger partial charge >= 0.3 is 0 Å². The Morgan fingerprint density at radius 1 is 0.541 bits per heavy atom. The second-order valence-corrected chi connectivity index (χ2v) is 11.6. The van der Waals surface area contributed by atoms with Crippen LogP contribution in [-0.4, -0.2) is 12.4 Å². The van der Waals surface area contributed by atoms with Gasteiger partial charge in [0, 0.05) is 0 Å². The van der Waals surface area contributed by atoms with Gasteiger partial charge in [-0.25, -0.2) is 0 Å². The van der Waals surface area contributed by atoms with Crippen LogP contribution < -0.4 is 0 Å². The number of aliphatic imine (C=N–C) groups is 2. The average Bonchev–Trinajstić information content (AvgIpc) is 3.46. The maximum atomic E-state index is 4.72. The first kappa shape index (κ1) is 31.6. The molecule has 0 amide bonds. The molecule has 0 saturated carbocycles. The summed E-state index contributed by atoms with van der Waals surface area (Å²) in [5, 5.41) is 0. The van der Waals surface area contributed by atoms with Crippen LogP contribution in [0.4, 0.5) is 0 Å². The monoisotopic (exact) mass is 507 g/mol. The summed E-state index contributed by atoms with van der Waals surface area (Å²) < 4.78 is 0. The highest BCUT2D eigenvalue weighted by molar-refractivity contribution is 6.18. The summed E-state index contributed by atoms with van der Waals surface area (Å²) in [4.78, 5) is 9.44. The number of rotatable bonds is 25. The third-order valence-corrected chi connectivity index (χ3v) is 8.27. The molecule has 0 fully saturated rings. The smallest absolute Gasteiger partial charge is 0.0965 e. The van der Waals surface area contributed by atoms with Crippen LogP contribution in [0.2, 0.25) is 0 Å². The van der Waals surface area contributed by atoms with Crippen molar-refractivity contribution in [1.82, 2.24) is 0 Å². The zero-order chi connectivity index (χ0) is 26.2. The molecule has 2 nitrogen and oxygen atoms in total. The van der Waals surface area contributed by atoms with Gasteiger partial charge in [0.15, 0.2) is 12.4 Å². The molecule has 1 heterocycles. The van der Waals surface area contributed by atoms with Crippen LogP contribution in [0, 0.1) is 18.0 Å². The first-order valence-corrected chi connectivity index (χ1v) is 16.3. The van der Waals surface area contributed by atoms with E-state index in [1.165, 1.54) is 140 Å². The zero-order valence-electron chi connectivity index (χ0n) is 24.6. The molecular weight excluding hydrogens is 448 g/mol. The van der Waals surface area contributed by atoms with Crippen LogP contribution in [-0.2, 0) is 6.42 Å². The van der Waals surface area contributed by atoms with Gasteiger partial charge in [-0.2, -0.15) is 0 Å². The third kappa shape index (κ3) is 15.4. The quantitative estimate of drug-likeness (QED) is 0.0928. The highest BCUT2D eigenvalue weighted by atomic mass is 15.0. The molecule has 0 N–H and O–H groups in total. The van der Waals surface area contributed by atoms with Crippen molar-refractivity contribution >= 4 is 12.4 Å². The molecule has 0 bridgehead atoms. The Balaban J connectivity index is 1.78. The van der Waals surface area contributed by atoms with Crippen molar-refractivity contribution in [3.8, 4) is 0 Å². The van der Waals surface area contributed by atoms with Crippen molar-refractivity contribution in [2.75, 3.05) is 0 Å². The van der Waals surface area contributed by atoms with Gasteiger partial charge in [-0.3, -0.25) is 0 Å². The minimum Gasteiger partial charge on any atom is -0.0965 e. The molecule has 0 saturated heterocycles. The molecule has 208 valence electrons. The lowest BCUT2D eigenvalue weighted by Gasteiger charge is -2.26. The molecule has 0 spiro atoms. The summed E-state index contributed by atoms with van der Waals surface area (Å²) in [5.74, 6) is 1.14. The standard InChI is InChI=1S/C35H59N2/c1-3-5-7-9-11-13-14-15-16-18-23-27-33(31-32-25-21-20-22-26-32)34(35-36-29-30-37-35)28-24-19-17-12-10-8-6-4-2/h20-22,25-26,29-30,33-34H,3-19,23-24,27-28,31H2,1-2H3/q+1. The molecule has 2 rings (SSSR count). The van der Waals surface area contributed by atoms with Crippen molar-refractivity contribution in [2.24, 2.45) is 21.8 Å². The topological polar surface area (TPSA) is 24.7 Å². The van der Waals surface area contributed by atoms with E-state index < -0.39 is 0 Å². The maximum Gasteiger partial charge on any atom is 0.244 e. The Morgan fingerprint density at radius 3 is 1.46 bits per heavy atom. The second kappa shape index (κ2) is 22.4. The van der Waals surface area contributed by atoms with Crippen molar-refractivity contribution in [3.05, 3.63) is 42.1 Å². The van der Waals surface area contributed by atoms with E-state index in [2.05, 4.69) is 44.2 Å². The Kier molecular flexibility index (Phi) is 19.2. The molecule has 1 aliphatic rings. The first-order valence-electron chi connectivity index (χ1n) is 16.3. The van der Waals surface area contributed by atoms with Crippen molar-refractivity contribution in [3.63, 3.8) is 0 Å². The zero-order valence-corrected chi connectivity index (χ0v) is 24.6. The van der Waals surface area contributed by atoms with Crippen LogP contribution in [0.25, 0.3) is 0 Å². The van der Waals surface area contributed by atoms with E-state index in [0.717, 1.165) is 12.6 Å². The lowest BCUT2D eigenvalue weighted by Crippen LogP contribution is -2.22. The van der Waals surface area contributed by atoms with Gasteiger partial charge in [0.2, 0.25) is 6.17 Å². The van der Waals surface area contributed by atoms with Crippen LogP contribution in [0.3, 0.4) is 0 Å². The molecule has 0 aromatic heterocycles. The van der Waals surface area contributed by atoms with Gasteiger partial charge in [0.1, 0.15) is 0 Å². The van der Waals surface area contributed by atoms with Crippen LogP contribution in [0.5, 0.6) is 0 Å². The second-order valence-electron chi connectivity index (χ2n) is 11.6. The Labute approximate surface area is 231 Å². The normalized spacial score (nSPS) is 14.5. The molecule has 0 aliphatic carbocycles. The van der Waals surface area contributed by atoms with Gasteiger partial charge in [-0.05, 0) is 30.7 Å². The SMILES string of the molecule is CCCCCCCCCCCCCC(Cc1ccccc1)C(CCCCCCCCCC)[C+]1N=CC=N1. The lowest BCUT2D eigenvalue weighted by molar-refractivity contribution is 0.284. The van der Waals surface area contributed by atoms with E-state index in [9.17, 15) is 0 Å². The third-order valence-electron chi connectivity index (χ3n) is 8.27. The highest BCUT2D eigenvalue weighted by Crippen LogP contribution is 2.37. The molecular formula is C35H59N2+. The Hall–Kier alpha value is -1.57. The van der Waals surface area contributed by atoms with Crippen LogP contribution >= 0.6 is 0 Å². The molecule has 1 aromatic rings. The maximum absolute atomic E-state index is 4.72. The summed E-state index contributed by atoms with van der Waals surface area (Å²) in [7, 11) is 0. The van der Waals surface area contributed by atoms with Crippen molar-refractivity contribution in [2.45, 2.75) is 155 Å². The summed E-state index contributed by atoms with van der Waals surface area (Å²) in [5.41, 5.74) is 1.48. The first-order chi connectivity index (χ1) is 18.3. The van der Waals surface area contributed by atoms with Crippen LogP contribution in [0.15, 0.2) is 40.3 Å². The number of hydrogen-bond acceptors (Lipinski definition) is 2. The van der Waals surface area contributed by atoms with E-state index in [4.69, 9.17) is 9.98 Å². The number of unbranched alkanes of at least 4 members (excludes halogenated alkanes) is 17. The molecule has 1 aliphatic heterocycles. The molecule has 0 radical (unpaired) electrons. The fourth-order valence-corrected chi connectivity index (χ4v) is 5.95. The van der Waals surface area contributed by atoms with E-state index in [1.54, 1.807) is 0 Å². The highest BCUT2D eigenvalue weighted by Gasteiger charge is 2.35. The molecule has 2 unspecified atom stereocenters. The largest absolute Gasteiger partial charge is 0.244 e. The van der Waals surface area contributed by atoms with Gasteiger partial charge in [0.25, 0.3) is 0 Å². The van der Waals surface area contributed by atoms with E-state index in [1.807, 2.05) is 12.4 Å². The molecule has 37 heavy (non-hydrogen) atoms. The van der Waals surface area contributed by atoms with E-state index in [0.29, 0.717) is 11.8 Å². The van der Waals surface area contributed by atoms with Gasteiger partial charge in [0.05, 0.1) is 5.92 Å². The fourth-order valence-electron chi connectivity index (χ4n) is 5.95. The van der Waals surface area contributed by atoms with Gasteiger partial charge in [-0.1, -0.05) is 176 Å². The summed E-state index contributed by atoms with van der Waals surface area (Å²) >= 11 is 0. The molecule has 1 aromatic carbocycles. The predicted octanol–water partition coefficient (Wildman–Crippen LogP) is 11.3. The number of benzene rings is 1. The van der Waals surface area contributed by atoms with Crippen molar-refractivity contribution < 1.29 is 0 Å². The van der Waals surface area contributed by atoms with Crippen molar-refractivity contribution in [1.29, 1.82) is 0 Å². The van der Waals surface area contributed by atoms with Gasteiger partial charge < -0.3 is 0 Å². The Bertz CT molecular complexity index is 668. The minimum atomic E-state index is 0.499. The minimum absolute atomic E-state index is 0.499. The van der Waals surface area contributed by atoms with Gasteiger partial charge in [-0.15, -0.1) is 0 Å². The van der Waals surface area contributed by atoms with Crippen LogP contribution in [0.1, 0.15) is 154 Å². The summed E-state index contributed by atoms with van der Waals surface area (Å²) in [6.07, 6.45) is 35.2. The fraction of sp³-hybridized carbons (Fsp3) is 0.743. The van der Waals surface area contributed by atoms with E-state index in [-0.39, 0.29) is 0 Å². The molecule has 2 heteroatoms.